The van der Waals surface area contributed by atoms with Gasteiger partial charge in [-0.05, 0) is 31.5 Å². The Labute approximate surface area is 158 Å². The number of hydrogen-bond acceptors (Lipinski definition) is 5. The van der Waals surface area contributed by atoms with Gasteiger partial charge in [-0.15, -0.1) is 0 Å². The van der Waals surface area contributed by atoms with Gasteiger partial charge in [0, 0.05) is 25.3 Å². The SMILES string of the molecule is CCN1CCC(NC(=O)c2coc(-c3cnn(-c4ccccc4)c3)n2)CC1. The highest BCUT2D eigenvalue weighted by atomic mass is 16.3. The Morgan fingerprint density at radius 2 is 2.04 bits per heavy atom. The van der Waals surface area contributed by atoms with Crippen LogP contribution in [0.1, 0.15) is 30.3 Å². The van der Waals surface area contributed by atoms with Crippen molar-refractivity contribution in [2.24, 2.45) is 0 Å². The molecule has 3 aromatic rings. The fourth-order valence-corrected chi connectivity index (χ4v) is 3.32. The molecule has 7 nitrogen and oxygen atoms in total. The first-order valence-corrected chi connectivity index (χ1v) is 9.32. The fraction of sp³-hybridized carbons (Fsp3) is 0.350. The minimum atomic E-state index is -0.185. The van der Waals surface area contributed by atoms with Crippen LogP contribution in [0.3, 0.4) is 0 Å². The predicted molar refractivity (Wildman–Crippen MR) is 102 cm³/mol. The maximum atomic E-state index is 12.5. The van der Waals surface area contributed by atoms with Gasteiger partial charge in [-0.1, -0.05) is 25.1 Å². The Morgan fingerprint density at radius 3 is 2.78 bits per heavy atom. The molecular weight excluding hydrogens is 342 g/mol. The third kappa shape index (κ3) is 3.93. The summed E-state index contributed by atoms with van der Waals surface area (Å²) < 4.78 is 7.26. The number of rotatable bonds is 5. The van der Waals surface area contributed by atoms with Crippen LogP contribution in [0, 0.1) is 0 Å². The van der Waals surface area contributed by atoms with Gasteiger partial charge >= 0.3 is 0 Å². The van der Waals surface area contributed by atoms with Crippen molar-refractivity contribution in [3.05, 3.63) is 54.7 Å². The average molecular weight is 365 g/mol. The second-order valence-electron chi connectivity index (χ2n) is 6.73. The Bertz CT molecular complexity index is 894. The van der Waals surface area contributed by atoms with Gasteiger partial charge in [0.2, 0.25) is 5.89 Å². The Hall–Kier alpha value is -2.93. The number of likely N-dealkylation sites (tertiary alicyclic amines) is 1. The van der Waals surface area contributed by atoms with Crippen LogP contribution in [0.2, 0.25) is 0 Å². The molecule has 0 aliphatic carbocycles. The molecule has 1 aliphatic rings. The highest BCUT2D eigenvalue weighted by Gasteiger charge is 2.22. The van der Waals surface area contributed by atoms with Crippen molar-refractivity contribution in [1.82, 2.24) is 25.0 Å². The number of benzene rings is 1. The lowest BCUT2D eigenvalue weighted by molar-refractivity contribution is 0.0907. The topological polar surface area (TPSA) is 76.2 Å². The molecular formula is C20H23N5O2. The minimum Gasteiger partial charge on any atom is -0.444 e. The van der Waals surface area contributed by atoms with Gasteiger partial charge < -0.3 is 14.6 Å². The highest BCUT2D eigenvalue weighted by Crippen LogP contribution is 2.20. The summed E-state index contributed by atoms with van der Waals surface area (Å²) in [7, 11) is 0. The summed E-state index contributed by atoms with van der Waals surface area (Å²) >= 11 is 0. The van der Waals surface area contributed by atoms with Crippen molar-refractivity contribution in [3.63, 3.8) is 0 Å². The number of carbonyl (C=O) groups is 1. The summed E-state index contributed by atoms with van der Waals surface area (Å²) in [4.78, 5) is 19.2. The lowest BCUT2D eigenvalue weighted by Gasteiger charge is -2.31. The smallest absolute Gasteiger partial charge is 0.273 e. The molecule has 0 spiro atoms. The van der Waals surface area contributed by atoms with Crippen LogP contribution in [0.4, 0.5) is 0 Å². The average Bonchev–Trinajstić information content (AvgIpc) is 3.39. The molecule has 3 heterocycles. The van der Waals surface area contributed by atoms with Gasteiger partial charge in [0.05, 0.1) is 17.4 Å². The maximum absolute atomic E-state index is 12.5. The predicted octanol–water partition coefficient (Wildman–Crippen LogP) is 2.74. The molecule has 0 bridgehead atoms. The number of carbonyl (C=O) groups excluding carboxylic acids is 1. The Balaban J connectivity index is 1.41. The highest BCUT2D eigenvalue weighted by molar-refractivity contribution is 5.92. The van der Waals surface area contributed by atoms with Gasteiger partial charge in [0.15, 0.2) is 5.69 Å². The molecule has 0 atom stereocenters. The van der Waals surface area contributed by atoms with Crippen molar-refractivity contribution in [1.29, 1.82) is 0 Å². The van der Waals surface area contributed by atoms with E-state index in [0.717, 1.165) is 43.7 Å². The molecule has 1 aliphatic heterocycles. The molecule has 0 radical (unpaired) electrons. The quantitative estimate of drug-likeness (QED) is 0.752. The molecule has 4 rings (SSSR count). The van der Waals surface area contributed by atoms with Gasteiger partial charge in [-0.2, -0.15) is 5.10 Å². The molecule has 1 N–H and O–H groups in total. The molecule has 1 fully saturated rings. The molecule has 0 saturated carbocycles. The second-order valence-corrected chi connectivity index (χ2v) is 6.73. The Morgan fingerprint density at radius 1 is 1.26 bits per heavy atom. The summed E-state index contributed by atoms with van der Waals surface area (Å²) in [6, 6.07) is 9.99. The Kier molecular flexibility index (Phi) is 5.02. The monoisotopic (exact) mass is 365 g/mol. The van der Waals surface area contributed by atoms with Crippen LogP contribution in [-0.4, -0.2) is 51.2 Å². The first-order chi connectivity index (χ1) is 13.2. The van der Waals surface area contributed by atoms with Gasteiger partial charge in [-0.3, -0.25) is 4.79 Å². The normalized spacial score (nSPS) is 15.7. The van der Waals surface area contributed by atoms with Crippen LogP contribution < -0.4 is 5.32 Å². The second kappa shape index (κ2) is 7.75. The number of hydrogen-bond donors (Lipinski definition) is 1. The van der Waals surface area contributed by atoms with Gasteiger partial charge in [0.25, 0.3) is 5.91 Å². The summed E-state index contributed by atoms with van der Waals surface area (Å²) in [5.41, 5.74) is 1.98. The molecule has 7 heteroatoms. The number of amides is 1. The maximum Gasteiger partial charge on any atom is 0.273 e. The number of nitrogens with zero attached hydrogens (tertiary/aromatic N) is 4. The van der Waals surface area contributed by atoms with E-state index in [1.54, 1.807) is 10.9 Å². The zero-order valence-corrected chi connectivity index (χ0v) is 15.3. The molecule has 2 aromatic heterocycles. The first kappa shape index (κ1) is 17.5. The van der Waals surface area contributed by atoms with E-state index in [1.165, 1.54) is 6.26 Å². The summed E-state index contributed by atoms with van der Waals surface area (Å²) in [6.07, 6.45) is 6.86. The van der Waals surface area contributed by atoms with Crippen molar-refractivity contribution in [3.8, 4) is 17.1 Å². The number of para-hydroxylation sites is 1. The lowest BCUT2D eigenvalue weighted by Crippen LogP contribution is -2.44. The zero-order valence-electron chi connectivity index (χ0n) is 15.3. The van der Waals surface area contributed by atoms with Crippen LogP contribution in [0.25, 0.3) is 17.1 Å². The van der Waals surface area contributed by atoms with Crippen LogP contribution in [0.15, 0.2) is 53.4 Å². The van der Waals surface area contributed by atoms with Crippen molar-refractivity contribution in [2.75, 3.05) is 19.6 Å². The van der Waals surface area contributed by atoms with E-state index in [9.17, 15) is 4.79 Å². The summed E-state index contributed by atoms with van der Waals surface area (Å²) in [6.45, 7) is 5.26. The molecule has 1 amide bonds. The van der Waals surface area contributed by atoms with E-state index in [-0.39, 0.29) is 11.9 Å². The standard InChI is InChI=1S/C20H23N5O2/c1-2-24-10-8-16(9-11-24)22-19(26)18-14-27-20(23-18)15-12-21-25(13-15)17-6-4-3-5-7-17/h3-7,12-14,16H,2,8-11H2,1H3,(H,22,26). The van der Waals surface area contributed by atoms with E-state index in [0.29, 0.717) is 11.6 Å². The number of aromatic nitrogens is 3. The van der Waals surface area contributed by atoms with Crippen LogP contribution in [0.5, 0.6) is 0 Å². The van der Waals surface area contributed by atoms with E-state index < -0.39 is 0 Å². The number of oxazole rings is 1. The van der Waals surface area contributed by atoms with Gasteiger partial charge in [0.1, 0.15) is 6.26 Å². The lowest BCUT2D eigenvalue weighted by atomic mass is 10.1. The molecule has 1 aromatic carbocycles. The third-order valence-electron chi connectivity index (χ3n) is 4.96. The number of nitrogens with one attached hydrogen (secondary N) is 1. The summed E-state index contributed by atoms with van der Waals surface area (Å²) in [5, 5.41) is 7.40. The van der Waals surface area contributed by atoms with E-state index >= 15 is 0 Å². The minimum absolute atomic E-state index is 0.185. The van der Waals surface area contributed by atoms with E-state index in [4.69, 9.17) is 4.42 Å². The van der Waals surface area contributed by atoms with E-state index in [2.05, 4.69) is 27.2 Å². The number of piperidine rings is 1. The first-order valence-electron chi connectivity index (χ1n) is 9.32. The molecule has 140 valence electrons. The van der Waals surface area contributed by atoms with Crippen molar-refractivity contribution >= 4 is 5.91 Å². The van der Waals surface area contributed by atoms with Crippen molar-refractivity contribution < 1.29 is 9.21 Å². The van der Waals surface area contributed by atoms with Gasteiger partial charge in [-0.25, -0.2) is 9.67 Å². The largest absolute Gasteiger partial charge is 0.444 e. The molecule has 1 saturated heterocycles. The van der Waals surface area contributed by atoms with Crippen LogP contribution in [-0.2, 0) is 0 Å². The third-order valence-corrected chi connectivity index (χ3v) is 4.96. The molecule has 27 heavy (non-hydrogen) atoms. The zero-order chi connectivity index (χ0) is 18.6. The fourth-order valence-electron chi connectivity index (χ4n) is 3.32. The summed E-state index contributed by atoms with van der Waals surface area (Å²) in [5.74, 6) is 0.207. The molecule has 0 unspecified atom stereocenters. The van der Waals surface area contributed by atoms with E-state index in [1.807, 2.05) is 36.5 Å². The van der Waals surface area contributed by atoms with Crippen LogP contribution >= 0.6 is 0 Å². The van der Waals surface area contributed by atoms with Crippen molar-refractivity contribution in [2.45, 2.75) is 25.8 Å².